The lowest BCUT2D eigenvalue weighted by molar-refractivity contribution is -0.0270. The Labute approximate surface area is 156 Å². The minimum absolute atomic E-state index is 0.277. The third kappa shape index (κ3) is 4.46. The molecule has 1 fully saturated rings. The molecule has 0 amide bonds. The molecule has 1 unspecified atom stereocenters. The van der Waals surface area contributed by atoms with Crippen molar-refractivity contribution in [3.63, 3.8) is 0 Å². The van der Waals surface area contributed by atoms with Gasteiger partial charge < -0.3 is 15.2 Å². The molecule has 0 saturated carbocycles. The normalized spacial score (nSPS) is 21.6. The van der Waals surface area contributed by atoms with Crippen LogP contribution in [0.2, 0.25) is 0 Å². The van der Waals surface area contributed by atoms with Crippen LogP contribution in [0.3, 0.4) is 0 Å². The molecule has 1 aliphatic heterocycles. The lowest BCUT2D eigenvalue weighted by atomic mass is 10.1. The molecule has 2 N–H and O–H groups in total. The highest BCUT2D eigenvalue weighted by Gasteiger charge is 2.35. The number of aliphatic hydroxyl groups is 1. The number of nitrogens with zero attached hydrogens (tertiary/aromatic N) is 5. The minimum Gasteiger partial charge on any atom is -0.394 e. The summed E-state index contributed by atoms with van der Waals surface area (Å²) in [5.41, 5.74) is 10.2. The number of aromatic nitrogens is 2. The number of hydrogen-bond donors (Lipinski definition) is 2. The van der Waals surface area contributed by atoms with E-state index in [1.54, 1.807) is 6.20 Å². The first-order valence-corrected chi connectivity index (χ1v) is 8.80. The molecule has 0 bridgehead atoms. The van der Waals surface area contributed by atoms with Crippen LogP contribution in [0.4, 0.5) is 5.82 Å². The van der Waals surface area contributed by atoms with Crippen LogP contribution in [0.5, 0.6) is 0 Å². The van der Waals surface area contributed by atoms with E-state index in [1.165, 1.54) is 10.1 Å². The maximum absolute atomic E-state index is 12.4. The molecule has 0 radical (unpaired) electrons. The summed E-state index contributed by atoms with van der Waals surface area (Å²) in [6, 6.07) is 9.54. The van der Waals surface area contributed by atoms with Gasteiger partial charge in [-0.2, -0.15) is 4.98 Å². The van der Waals surface area contributed by atoms with Gasteiger partial charge in [-0.05, 0) is 24.4 Å². The topological polar surface area (TPSA) is 125 Å². The Balaban J connectivity index is 1.69. The highest BCUT2D eigenvalue weighted by Crippen LogP contribution is 2.30. The number of hydrogen-bond acceptors (Lipinski definition) is 6. The van der Waals surface area contributed by atoms with E-state index in [9.17, 15) is 9.90 Å². The first-order valence-electron chi connectivity index (χ1n) is 8.80. The zero-order chi connectivity index (χ0) is 19.2. The number of aliphatic hydroxyl groups excluding tert-OH is 1. The minimum atomic E-state index is -0.623. The number of azide groups is 1. The Morgan fingerprint density at radius 3 is 2.93 bits per heavy atom. The summed E-state index contributed by atoms with van der Waals surface area (Å²) < 4.78 is 7.05. The van der Waals surface area contributed by atoms with Gasteiger partial charge in [-0.15, -0.1) is 0 Å². The van der Waals surface area contributed by atoms with Crippen LogP contribution in [0.25, 0.3) is 10.4 Å². The largest absolute Gasteiger partial charge is 0.394 e. The van der Waals surface area contributed by atoms with Crippen molar-refractivity contribution in [3.05, 3.63) is 68.6 Å². The van der Waals surface area contributed by atoms with Gasteiger partial charge in [0.05, 0.1) is 18.8 Å². The van der Waals surface area contributed by atoms with Crippen molar-refractivity contribution in [1.82, 2.24) is 9.55 Å². The van der Waals surface area contributed by atoms with E-state index in [1.807, 2.05) is 25.1 Å². The zero-order valence-corrected chi connectivity index (χ0v) is 15.0. The van der Waals surface area contributed by atoms with Gasteiger partial charge in [0.1, 0.15) is 12.0 Å². The first kappa shape index (κ1) is 18.9. The summed E-state index contributed by atoms with van der Waals surface area (Å²) in [5.74, 6) is 0.537. The predicted octanol–water partition coefficient (Wildman–Crippen LogP) is 2.17. The number of rotatable bonds is 7. The summed E-state index contributed by atoms with van der Waals surface area (Å²) in [5, 5.41) is 16.2. The van der Waals surface area contributed by atoms with Gasteiger partial charge in [0.25, 0.3) is 0 Å². The number of benzene rings is 1. The molecule has 0 spiro atoms. The van der Waals surface area contributed by atoms with Crippen molar-refractivity contribution >= 4 is 5.82 Å². The van der Waals surface area contributed by atoms with Crippen molar-refractivity contribution < 1.29 is 9.84 Å². The average molecular weight is 370 g/mol. The molecule has 2 aromatic rings. The summed E-state index contributed by atoms with van der Waals surface area (Å²) >= 11 is 0. The van der Waals surface area contributed by atoms with Crippen molar-refractivity contribution in [2.45, 2.75) is 38.1 Å². The Bertz CT molecular complexity index is 878. The fourth-order valence-electron chi connectivity index (χ4n) is 3.16. The lowest BCUT2D eigenvalue weighted by Crippen LogP contribution is -2.29. The monoisotopic (exact) mass is 370 g/mol. The maximum Gasteiger partial charge on any atom is 0.351 e. The SMILES string of the molecule is Cc1cn([C@H]2CC(N=[N+]=[N-])[C@@H](CO)O2)c(=O)nc1NCCc1ccccc1. The molecule has 1 saturated heterocycles. The number of aryl methyl sites for hydroxylation is 1. The molecule has 1 aliphatic rings. The molecule has 9 nitrogen and oxygen atoms in total. The molecule has 9 heteroatoms. The van der Waals surface area contributed by atoms with Crippen LogP contribution < -0.4 is 11.0 Å². The third-order valence-electron chi connectivity index (χ3n) is 4.58. The number of anilines is 1. The Hall–Kier alpha value is -2.87. The van der Waals surface area contributed by atoms with E-state index >= 15 is 0 Å². The van der Waals surface area contributed by atoms with Gasteiger partial charge in [0.2, 0.25) is 0 Å². The zero-order valence-electron chi connectivity index (χ0n) is 15.0. The Morgan fingerprint density at radius 2 is 2.22 bits per heavy atom. The van der Waals surface area contributed by atoms with Crippen LogP contribution in [-0.4, -0.2) is 40.0 Å². The van der Waals surface area contributed by atoms with Crippen LogP contribution in [0.1, 0.15) is 23.8 Å². The molecule has 3 rings (SSSR count). The molecule has 2 heterocycles. The molecule has 3 atom stereocenters. The molecular formula is C18H22N6O3. The molecular weight excluding hydrogens is 348 g/mol. The van der Waals surface area contributed by atoms with Gasteiger partial charge in [-0.1, -0.05) is 35.4 Å². The summed E-state index contributed by atoms with van der Waals surface area (Å²) in [6.07, 6.45) is 1.58. The third-order valence-corrected chi connectivity index (χ3v) is 4.58. The predicted molar refractivity (Wildman–Crippen MR) is 100 cm³/mol. The van der Waals surface area contributed by atoms with Gasteiger partial charge in [0, 0.05) is 29.6 Å². The van der Waals surface area contributed by atoms with E-state index in [0.29, 0.717) is 18.8 Å². The van der Waals surface area contributed by atoms with Crippen LogP contribution >= 0.6 is 0 Å². The van der Waals surface area contributed by atoms with Crippen LogP contribution in [0.15, 0.2) is 46.4 Å². The Morgan fingerprint density at radius 1 is 1.44 bits per heavy atom. The quantitative estimate of drug-likeness (QED) is 0.439. The molecule has 142 valence electrons. The van der Waals surface area contributed by atoms with Crippen molar-refractivity contribution in [3.8, 4) is 0 Å². The van der Waals surface area contributed by atoms with E-state index < -0.39 is 24.1 Å². The van der Waals surface area contributed by atoms with Crippen LogP contribution in [0, 0.1) is 6.92 Å². The first-order chi connectivity index (χ1) is 13.1. The van der Waals surface area contributed by atoms with Gasteiger partial charge in [-0.25, -0.2) is 4.79 Å². The second kappa shape index (κ2) is 8.68. The van der Waals surface area contributed by atoms with E-state index in [2.05, 4.69) is 32.5 Å². The van der Waals surface area contributed by atoms with Crippen LogP contribution in [-0.2, 0) is 11.2 Å². The lowest BCUT2D eigenvalue weighted by Gasteiger charge is -2.17. The van der Waals surface area contributed by atoms with E-state index in [-0.39, 0.29) is 6.61 Å². The highest BCUT2D eigenvalue weighted by molar-refractivity contribution is 5.41. The smallest absolute Gasteiger partial charge is 0.351 e. The molecule has 1 aromatic heterocycles. The number of nitrogens with one attached hydrogen (secondary N) is 1. The standard InChI is InChI=1S/C18H22N6O3/c1-12-10-24(16-9-14(22-23-19)15(11-25)27-16)18(26)21-17(12)20-8-7-13-5-3-2-4-6-13/h2-6,10,14-16,25H,7-9,11H2,1H3,(H,20,21,26)/t14?,15-,16-/m1/s1. The van der Waals surface area contributed by atoms with E-state index in [4.69, 9.17) is 10.3 Å². The molecule has 0 aliphatic carbocycles. The molecule has 1 aromatic carbocycles. The molecule has 27 heavy (non-hydrogen) atoms. The van der Waals surface area contributed by atoms with Gasteiger partial charge in [0.15, 0.2) is 0 Å². The van der Waals surface area contributed by atoms with Gasteiger partial charge in [-0.3, -0.25) is 4.57 Å². The fraction of sp³-hybridized carbons (Fsp3) is 0.444. The Kier molecular flexibility index (Phi) is 6.08. The summed E-state index contributed by atoms with van der Waals surface area (Å²) in [7, 11) is 0. The summed E-state index contributed by atoms with van der Waals surface area (Å²) in [6.45, 7) is 2.24. The fourth-order valence-corrected chi connectivity index (χ4v) is 3.16. The maximum atomic E-state index is 12.4. The second-order valence-corrected chi connectivity index (χ2v) is 6.44. The summed E-state index contributed by atoms with van der Waals surface area (Å²) in [4.78, 5) is 19.3. The number of ether oxygens (including phenoxy) is 1. The van der Waals surface area contributed by atoms with E-state index in [0.717, 1.165) is 12.0 Å². The van der Waals surface area contributed by atoms with Gasteiger partial charge >= 0.3 is 5.69 Å². The van der Waals surface area contributed by atoms with Crippen molar-refractivity contribution in [1.29, 1.82) is 0 Å². The second-order valence-electron chi connectivity index (χ2n) is 6.44. The van der Waals surface area contributed by atoms with Crippen molar-refractivity contribution in [2.75, 3.05) is 18.5 Å². The highest BCUT2D eigenvalue weighted by atomic mass is 16.5. The van der Waals surface area contributed by atoms with Crippen molar-refractivity contribution in [2.24, 2.45) is 5.11 Å². The average Bonchev–Trinajstić information content (AvgIpc) is 3.08.